The minimum atomic E-state index is 0.450. The Kier molecular flexibility index (Phi) is 7.22. The van der Waals surface area contributed by atoms with Gasteiger partial charge in [-0.05, 0) is 78.9 Å². The van der Waals surface area contributed by atoms with E-state index in [0.717, 1.165) is 38.0 Å². The van der Waals surface area contributed by atoms with Gasteiger partial charge in [0.25, 0.3) is 0 Å². The summed E-state index contributed by atoms with van der Waals surface area (Å²) in [6.45, 7) is 11.3. The monoisotopic (exact) mass is 481 g/mol. The number of benzene rings is 2. The summed E-state index contributed by atoms with van der Waals surface area (Å²) < 4.78 is 5.47. The fraction of sp³-hybridized carbons (Fsp3) is 0.586. The molecular weight excluding hydrogens is 442 g/mol. The molecule has 0 bridgehead atoms. The fourth-order valence-electron chi connectivity index (χ4n) is 6.65. The van der Waals surface area contributed by atoms with Crippen molar-refractivity contribution in [3.8, 4) is 5.75 Å². The number of rotatable bonds is 6. The zero-order valence-electron chi connectivity index (χ0n) is 21.0. The summed E-state index contributed by atoms with van der Waals surface area (Å²) in [6, 6.07) is 16.5. The maximum Gasteiger partial charge on any atom is 0.137 e. The summed E-state index contributed by atoms with van der Waals surface area (Å²) in [4.78, 5) is 5.49. The molecule has 5 heteroatoms. The molecule has 3 fully saturated rings. The Morgan fingerprint density at radius 2 is 1.85 bits per heavy atom. The first-order chi connectivity index (χ1) is 16.5. The highest BCUT2D eigenvalue weighted by atomic mass is 35.5. The van der Waals surface area contributed by atoms with Crippen LogP contribution in [-0.4, -0.2) is 55.7 Å². The van der Waals surface area contributed by atoms with Crippen molar-refractivity contribution in [1.29, 1.82) is 0 Å². The molecule has 2 aromatic carbocycles. The predicted octanol–water partition coefficient (Wildman–Crippen LogP) is 5.86. The van der Waals surface area contributed by atoms with Gasteiger partial charge in [0.15, 0.2) is 0 Å². The third-order valence-corrected chi connectivity index (χ3v) is 8.89. The van der Waals surface area contributed by atoms with Gasteiger partial charge in [-0.3, -0.25) is 9.80 Å². The van der Waals surface area contributed by atoms with Crippen molar-refractivity contribution in [3.63, 3.8) is 0 Å². The first kappa shape index (κ1) is 24.1. The predicted molar refractivity (Wildman–Crippen MR) is 141 cm³/mol. The Bertz CT molecular complexity index is 979. The molecule has 1 spiro atoms. The van der Waals surface area contributed by atoms with Gasteiger partial charge in [0.1, 0.15) is 5.75 Å². The average molecular weight is 482 g/mol. The lowest BCUT2D eigenvalue weighted by Gasteiger charge is -2.57. The maximum atomic E-state index is 6.28. The SMILES string of the molecule is COc1cc(CN2CCN(C3CC4(CCNCC4)C3)[C@H](c3ccccc3C(C)C)C2)ccc1Cl. The standard InChI is InChI=1S/C29H40ClN3O/c1-21(2)24-6-4-5-7-25(24)27-20-32(19-22-8-9-26(30)28(16-22)34-3)14-15-33(27)23-17-29(18-23)10-12-31-13-11-29/h4-9,16,21,23,27,31H,10-15,17-20H2,1-3H3/t27-/m0/s1. The second kappa shape index (κ2) is 10.2. The number of nitrogens with zero attached hydrogens (tertiary/aromatic N) is 2. The Hall–Kier alpha value is -1.59. The van der Waals surface area contributed by atoms with Gasteiger partial charge in [-0.25, -0.2) is 0 Å². The van der Waals surface area contributed by atoms with E-state index in [1.165, 1.54) is 55.5 Å². The van der Waals surface area contributed by atoms with Crippen LogP contribution in [0.5, 0.6) is 5.75 Å². The maximum absolute atomic E-state index is 6.28. The van der Waals surface area contributed by atoms with Crippen molar-refractivity contribution in [1.82, 2.24) is 15.1 Å². The molecule has 4 nitrogen and oxygen atoms in total. The van der Waals surface area contributed by atoms with Crippen LogP contribution in [0.4, 0.5) is 0 Å². The van der Waals surface area contributed by atoms with E-state index in [1.807, 2.05) is 6.07 Å². The van der Waals surface area contributed by atoms with Crippen molar-refractivity contribution < 1.29 is 4.74 Å². The van der Waals surface area contributed by atoms with E-state index >= 15 is 0 Å². The molecule has 3 aliphatic rings. The molecule has 1 atom stereocenters. The van der Waals surface area contributed by atoms with Crippen LogP contribution in [0.1, 0.15) is 68.2 Å². The van der Waals surface area contributed by atoms with Crippen LogP contribution in [0, 0.1) is 5.41 Å². The van der Waals surface area contributed by atoms with Gasteiger partial charge >= 0.3 is 0 Å². The summed E-state index contributed by atoms with van der Waals surface area (Å²) >= 11 is 6.28. The number of piperidine rings is 1. The number of piperazine rings is 1. The van der Waals surface area contributed by atoms with E-state index in [-0.39, 0.29) is 0 Å². The molecule has 0 aromatic heterocycles. The molecule has 0 amide bonds. The van der Waals surface area contributed by atoms with Crippen LogP contribution >= 0.6 is 11.6 Å². The molecule has 2 heterocycles. The van der Waals surface area contributed by atoms with Gasteiger partial charge in [0.05, 0.1) is 12.1 Å². The van der Waals surface area contributed by atoms with Gasteiger partial charge in [0.2, 0.25) is 0 Å². The van der Waals surface area contributed by atoms with Crippen molar-refractivity contribution in [2.24, 2.45) is 5.41 Å². The van der Waals surface area contributed by atoms with Crippen molar-refractivity contribution in [2.75, 3.05) is 39.8 Å². The van der Waals surface area contributed by atoms with Crippen LogP contribution in [0.15, 0.2) is 42.5 Å². The quantitative estimate of drug-likeness (QED) is 0.559. The molecule has 2 aliphatic heterocycles. The summed E-state index contributed by atoms with van der Waals surface area (Å²) in [5, 5.41) is 4.24. The first-order valence-electron chi connectivity index (χ1n) is 13.1. The minimum absolute atomic E-state index is 0.450. The summed E-state index contributed by atoms with van der Waals surface area (Å²) in [7, 11) is 1.69. The number of hydrogen-bond donors (Lipinski definition) is 1. The van der Waals surface area contributed by atoms with E-state index in [0.29, 0.717) is 22.4 Å². The largest absolute Gasteiger partial charge is 0.495 e. The van der Waals surface area contributed by atoms with Gasteiger partial charge < -0.3 is 10.1 Å². The lowest BCUT2D eigenvalue weighted by atomic mass is 9.60. The molecule has 34 heavy (non-hydrogen) atoms. The van der Waals surface area contributed by atoms with Crippen LogP contribution in [0.2, 0.25) is 5.02 Å². The Labute approximate surface area is 210 Å². The molecule has 2 aromatic rings. The fourth-order valence-corrected chi connectivity index (χ4v) is 6.85. The summed E-state index contributed by atoms with van der Waals surface area (Å²) in [5.74, 6) is 1.30. The highest BCUT2D eigenvalue weighted by Gasteiger charge is 2.49. The van der Waals surface area contributed by atoms with Gasteiger partial charge in [-0.2, -0.15) is 0 Å². The van der Waals surface area contributed by atoms with E-state index in [9.17, 15) is 0 Å². The average Bonchev–Trinajstić information content (AvgIpc) is 2.84. The first-order valence-corrected chi connectivity index (χ1v) is 13.5. The van der Waals surface area contributed by atoms with Crippen LogP contribution in [0.3, 0.4) is 0 Å². The lowest BCUT2D eigenvalue weighted by Crippen LogP contribution is -2.59. The minimum Gasteiger partial charge on any atom is -0.495 e. The second-order valence-corrected chi connectivity index (χ2v) is 11.5. The number of nitrogens with one attached hydrogen (secondary N) is 1. The number of halogens is 1. The van der Waals surface area contributed by atoms with Crippen LogP contribution in [0.25, 0.3) is 0 Å². The zero-order chi connectivity index (χ0) is 23.7. The second-order valence-electron chi connectivity index (χ2n) is 11.1. The Balaban J connectivity index is 1.37. The molecule has 184 valence electrons. The Morgan fingerprint density at radius 3 is 2.59 bits per heavy atom. The van der Waals surface area contributed by atoms with Gasteiger partial charge in [0, 0.05) is 38.3 Å². The number of methoxy groups -OCH3 is 1. The van der Waals surface area contributed by atoms with Gasteiger partial charge in [-0.15, -0.1) is 0 Å². The molecule has 1 N–H and O–H groups in total. The summed E-state index contributed by atoms with van der Waals surface area (Å²) in [6.07, 6.45) is 5.47. The lowest BCUT2D eigenvalue weighted by molar-refractivity contribution is -0.0650. The third-order valence-electron chi connectivity index (χ3n) is 8.58. The van der Waals surface area contributed by atoms with E-state index in [4.69, 9.17) is 16.3 Å². The molecule has 1 aliphatic carbocycles. The Morgan fingerprint density at radius 1 is 1.09 bits per heavy atom. The molecule has 0 radical (unpaired) electrons. The van der Waals surface area contributed by atoms with Crippen molar-refractivity contribution in [3.05, 3.63) is 64.2 Å². The van der Waals surface area contributed by atoms with Gasteiger partial charge in [-0.1, -0.05) is 55.8 Å². The number of hydrogen-bond acceptors (Lipinski definition) is 4. The molecule has 2 saturated heterocycles. The molecule has 0 unspecified atom stereocenters. The van der Waals surface area contributed by atoms with E-state index in [1.54, 1.807) is 7.11 Å². The normalized spacial score (nSPS) is 23.9. The third kappa shape index (κ3) is 4.88. The zero-order valence-corrected chi connectivity index (χ0v) is 21.8. The molecule has 5 rings (SSSR count). The smallest absolute Gasteiger partial charge is 0.137 e. The molecule has 1 saturated carbocycles. The van der Waals surface area contributed by atoms with Crippen LogP contribution < -0.4 is 10.1 Å². The summed E-state index contributed by atoms with van der Waals surface area (Å²) in [5.41, 5.74) is 4.91. The highest BCUT2D eigenvalue weighted by Crippen LogP contribution is 2.52. The highest BCUT2D eigenvalue weighted by molar-refractivity contribution is 6.32. The van der Waals surface area contributed by atoms with Crippen molar-refractivity contribution >= 4 is 11.6 Å². The number of ether oxygens (including phenoxy) is 1. The van der Waals surface area contributed by atoms with Crippen LogP contribution in [-0.2, 0) is 6.54 Å². The van der Waals surface area contributed by atoms with E-state index in [2.05, 4.69) is 65.4 Å². The molecular formula is C29H40ClN3O. The topological polar surface area (TPSA) is 27.7 Å². The van der Waals surface area contributed by atoms with Crippen molar-refractivity contribution in [2.45, 2.75) is 64.1 Å². The van der Waals surface area contributed by atoms with E-state index < -0.39 is 0 Å².